The van der Waals surface area contributed by atoms with E-state index in [1.165, 1.54) is 17.7 Å². The van der Waals surface area contributed by atoms with Gasteiger partial charge in [-0.1, -0.05) is 23.7 Å². The first-order valence-electron chi connectivity index (χ1n) is 8.88. The fraction of sp³-hybridized carbons (Fsp3) is 0.263. The highest BCUT2D eigenvalue weighted by molar-refractivity contribution is 7.18. The van der Waals surface area contributed by atoms with Crippen LogP contribution in [0.15, 0.2) is 36.7 Å². The zero-order chi connectivity index (χ0) is 19.7. The predicted molar refractivity (Wildman–Crippen MR) is 108 cm³/mol. The van der Waals surface area contributed by atoms with Crippen LogP contribution in [-0.2, 0) is 6.54 Å². The summed E-state index contributed by atoms with van der Waals surface area (Å²) in [6, 6.07) is 8.47. The van der Waals surface area contributed by atoms with Crippen molar-refractivity contribution in [3.63, 3.8) is 0 Å². The average Bonchev–Trinajstić information content (AvgIpc) is 3.29. The van der Waals surface area contributed by atoms with Gasteiger partial charge in [0.2, 0.25) is 0 Å². The van der Waals surface area contributed by atoms with E-state index in [2.05, 4.69) is 20.7 Å². The number of anilines is 1. The number of carbonyl (C=O) groups excluding carboxylic acids is 2. The van der Waals surface area contributed by atoms with Gasteiger partial charge in [0, 0.05) is 6.54 Å². The van der Waals surface area contributed by atoms with E-state index >= 15 is 0 Å². The molecule has 2 aromatic heterocycles. The van der Waals surface area contributed by atoms with Crippen LogP contribution in [0.25, 0.3) is 0 Å². The number of hydrogen-bond donors (Lipinski definition) is 2. The van der Waals surface area contributed by atoms with Gasteiger partial charge in [0.05, 0.1) is 26.5 Å². The number of rotatable bonds is 4. The van der Waals surface area contributed by atoms with Gasteiger partial charge in [-0.25, -0.2) is 9.67 Å². The number of carbonyl (C=O) groups is 2. The van der Waals surface area contributed by atoms with Crippen molar-refractivity contribution in [3.05, 3.63) is 63.5 Å². The van der Waals surface area contributed by atoms with Crippen molar-refractivity contribution in [3.8, 4) is 0 Å². The van der Waals surface area contributed by atoms with Gasteiger partial charge in [-0.3, -0.25) is 9.59 Å². The molecule has 28 heavy (non-hydrogen) atoms. The number of aryl methyl sites for hydroxylation is 2. The molecule has 0 aliphatic carbocycles. The summed E-state index contributed by atoms with van der Waals surface area (Å²) in [6.07, 6.45) is 3.27. The quantitative estimate of drug-likeness (QED) is 0.677. The summed E-state index contributed by atoms with van der Waals surface area (Å²) in [5, 5.41) is 11.0. The SMILES string of the molecule is Cc1cc(NC(=O)c2ccccc2Cl)sc1C(=O)NC1CCCn2ncnc21. The molecule has 2 amide bonds. The largest absolute Gasteiger partial charge is 0.341 e. The van der Waals surface area contributed by atoms with Crippen molar-refractivity contribution in [2.45, 2.75) is 32.4 Å². The second kappa shape index (κ2) is 7.73. The predicted octanol–water partition coefficient (Wildman–Crippen LogP) is 3.82. The third-order valence-electron chi connectivity index (χ3n) is 4.60. The van der Waals surface area contributed by atoms with Crippen molar-refractivity contribution in [2.75, 3.05) is 5.32 Å². The van der Waals surface area contributed by atoms with Crippen LogP contribution in [0.3, 0.4) is 0 Å². The molecule has 2 N–H and O–H groups in total. The van der Waals surface area contributed by atoms with Crippen LogP contribution in [0.1, 0.15) is 50.3 Å². The maximum absolute atomic E-state index is 12.8. The lowest BCUT2D eigenvalue weighted by Gasteiger charge is -2.23. The highest BCUT2D eigenvalue weighted by Gasteiger charge is 2.26. The summed E-state index contributed by atoms with van der Waals surface area (Å²) in [6.45, 7) is 2.66. The first-order chi connectivity index (χ1) is 13.5. The number of benzene rings is 1. The van der Waals surface area contributed by atoms with Crippen LogP contribution in [0.5, 0.6) is 0 Å². The number of thiophene rings is 1. The molecule has 9 heteroatoms. The molecule has 3 aromatic rings. The van der Waals surface area contributed by atoms with E-state index in [4.69, 9.17) is 11.6 Å². The van der Waals surface area contributed by atoms with Gasteiger partial charge in [-0.15, -0.1) is 11.3 Å². The summed E-state index contributed by atoms with van der Waals surface area (Å²) in [7, 11) is 0. The summed E-state index contributed by atoms with van der Waals surface area (Å²) in [5.41, 5.74) is 1.19. The molecule has 1 aliphatic rings. The van der Waals surface area contributed by atoms with Gasteiger partial charge in [0.25, 0.3) is 11.8 Å². The van der Waals surface area contributed by atoms with E-state index < -0.39 is 0 Å². The number of amides is 2. The Labute approximate surface area is 170 Å². The maximum Gasteiger partial charge on any atom is 0.262 e. The minimum atomic E-state index is -0.306. The molecule has 7 nitrogen and oxygen atoms in total. The van der Waals surface area contributed by atoms with Gasteiger partial charge >= 0.3 is 0 Å². The maximum atomic E-state index is 12.8. The van der Waals surface area contributed by atoms with E-state index in [9.17, 15) is 9.59 Å². The number of aromatic nitrogens is 3. The molecular weight excluding hydrogens is 398 g/mol. The Kier molecular flexibility index (Phi) is 5.15. The van der Waals surface area contributed by atoms with E-state index in [1.807, 2.05) is 11.6 Å². The highest BCUT2D eigenvalue weighted by Crippen LogP contribution is 2.29. The second-order valence-corrected chi connectivity index (χ2v) is 8.03. The molecule has 0 saturated carbocycles. The Morgan fingerprint density at radius 3 is 2.93 bits per heavy atom. The van der Waals surface area contributed by atoms with Gasteiger partial charge in [-0.05, 0) is 43.5 Å². The normalized spacial score (nSPS) is 15.7. The first kappa shape index (κ1) is 18.6. The fourth-order valence-electron chi connectivity index (χ4n) is 3.24. The molecule has 0 saturated heterocycles. The molecule has 1 atom stereocenters. The molecule has 0 radical (unpaired) electrons. The lowest BCUT2D eigenvalue weighted by atomic mass is 10.1. The van der Waals surface area contributed by atoms with E-state index in [-0.39, 0.29) is 17.9 Å². The summed E-state index contributed by atoms with van der Waals surface area (Å²) < 4.78 is 1.82. The average molecular weight is 416 g/mol. The molecule has 144 valence electrons. The smallest absolute Gasteiger partial charge is 0.262 e. The minimum Gasteiger partial charge on any atom is -0.341 e. The Morgan fingerprint density at radius 1 is 1.29 bits per heavy atom. The number of hydrogen-bond acceptors (Lipinski definition) is 5. The van der Waals surface area contributed by atoms with Crippen molar-refractivity contribution in [2.24, 2.45) is 0 Å². The van der Waals surface area contributed by atoms with Crippen LogP contribution in [-0.4, -0.2) is 26.6 Å². The molecule has 4 rings (SSSR count). The van der Waals surface area contributed by atoms with Crippen LogP contribution >= 0.6 is 22.9 Å². The monoisotopic (exact) mass is 415 g/mol. The Hall–Kier alpha value is -2.71. The standard InChI is InChI=1S/C19H18ClN5O2S/c1-11-9-15(24-18(26)12-5-2-3-6-13(12)20)28-16(11)19(27)23-14-7-4-8-25-17(14)21-10-22-25/h2-3,5-6,9-10,14H,4,7-8H2,1H3,(H,23,27)(H,24,26). The Balaban J connectivity index is 1.48. The molecule has 0 bridgehead atoms. The zero-order valence-electron chi connectivity index (χ0n) is 15.1. The molecule has 3 heterocycles. The third kappa shape index (κ3) is 3.65. The van der Waals surface area contributed by atoms with Crippen molar-refractivity contribution in [1.29, 1.82) is 0 Å². The highest BCUT2D eigenvalue weighted by atomic mass is 35.5. The topological polar surface area (TPSA) is 88.9 Å². The number of fused-ring (bicyclic) bond motifs is 1. The van der Waals surface area contributed by atoms with E-state index in [0.29, 0.717) is 20.5 Å². The lowest BCUT2D eigenvalue weighted by Crippen LogP contribution is -2.33. The zero-order valence-corrected chi connectivity index (χ0v) is 16.7. The second-order valence-electron chi connectivity index (χ2n) is 6.57. The number of halogens is 1. The fourth-order valence-corrected chi connectivity index (χ4v) is 4.44. The first-order valence-corrected chi connectivity index (χ1v) is 10.1. The number of nitrogens with zero attached hydrogens (tertiary/aromatic N) is 3. The van der Waals surface area contributed by atoms with Gasteiger partial charge < -0.3 is 10.6 Å². The van der Waals surface area contributed by atoms with Gasteiger partial charge in [0.1, 0.15) is 12.2 Å². The summed E-state index contributed by atoms with van der Waals surface area (Å²) in [4.78, 5) is 30.1. The molecule has 1 aromatic carbocycles. The summed E-state index contributed by atoms with van der Waals surface area (Å²) in [5.74, 6) is 0.294. The van der Waals surface area contributed by atoms with Crippen LogP contribution in [0.2, 0.25) is 5.02 Å². The minimum absolute atomic E-state index is 0.161. The Morgan fingerprint density at radius 2 is 2.11 bits per heavy atom. The molecule has 1 unspecified atom stereocenters. The Bertz CT molecular complexity index is 1040. The van der Waals surface area contributed by atoms with Crippen LogP contribution < -0.4 is 10.6 Å². The van der Waals surface area contributed by atoms with Crippen LogP contribution in [0, 0.1) is 6.92 Å². The third-order valence-corrected chi connectivity index (χ3v) is 6.09. The summed E-state index contributed by atoms with van der Waals surface area (Å²) >= 11 is 7.32. The van der Waals surface area contributed by atoms with Gasteiger partial charge in [0.15, 0.2) is 0 Å². The van der Waals surface area contributed by atoms with Crippen molar-refractivity contribution in [1.82, 2.24) is 20.1 Å². The molecule has 0 spiro atoms. The molecule has 0 fully saturated rings. The van der Waals surface area contributed by atoms with E-state index in [1.54, 1.807) is 30.3 Å². The van der Waals surface area contributed by atoms with E-state index in [0.717, 1.165) is 30.8 Å². The lowest BCUT2D eigenvalue weighted by molar-refractivity contribution is 0.0930. The molecular formula is C19H18ClN5O2S. The van der Waals surface area contributed by atoms with Crippen molar-refractivity contribution < 1.29 is 9.59 Å². The van der Waals surface area contributed by atoms with Crippen molar-refractivity contribution >= 4 is 39.8 Å². The number of nitrogens with one attached hydrogen (secondary N) is 2. The molecule has 1 aliphatic heterocycles. The van der Waals surface area contributed by atoms with Crippen LogP contribution in [0.4, 0.5) is 5.00 Å². The van der Waals surface area contributed by atoms with Gasteiger partial charge in [-0.2, -0.15) is 5.10 Å².